The van der Waals surface area contributed by atoms with Crippen LogP contribution < -0.4 is 9.47 Å². The molecule has 4 heteroatoms. The molecule has 0 bridgehead atoms. The molecular formula is C26H32N2O2. The molecule has 0 radical (unpaired) electrons. The number of benzene rings is 2. The molecular weight excluding hydrogens is 372 g/mol. The maximum Gasteiger partial charge on any atom is 0.118 e. The molecule has 0 aliphatic carbocycles. The lowest BCUT2D eigenvalue weighted by atomic mass is 10.0. The van der Waals surface area contributed by atoms with Crippen LogP contribution in [0.3, 0.4) is 0 Å². The normalized spacial score (nSPS) is 10.8. The zero-order valence-corrected chi connectivity index (χ0v) is 18.6. The summed E-state index contributed by atoms with van der Waals surface area (Å²) < 4.78 is 10.7. The molecule has 0 amide bonds. The number of ether oxygens (including phenoxy) is 2. The van der Waals surface area contributed by atoms with Gasteiger partial charge in [-0.3, -0.25) is 0 Å². The van der Waals surface area contributed by atoms with Crippen molar-refractivity contribution in [1.29, 1.82) is 0 Å². The Morgan fingerprint density at radius 2 is 0.967 bits per heavy atom. The molecule has 0 aliphatic heterocycles. The van der Waals surface area contributed by atoms with Gasteiger partial charge in [0.15, 0.2) is 0 Å². The van der Waals surface area contributed by atoms with Crippen molar-refractivity contribution < 1.29 is 9.47 Å². The minimum Gasteiger partial charge on any atom is -0.497 e. The highest BCUT2D eigenvalue weighted by Gasteiger charge is 2.16. The molecule has 0 spiro atoms. The third kappa shape index (κ3) is 5.18. The smallest absolute Gasteiger partial charge is 0.118 e. The number of nitrogens with zero attached hydrogens (tertiary/aromatic N) is 2. The molecule has 0 saturated carbocycles. The highest BCUT2D eigenvalue weighted by Crippen LogP contribution is 2.30. The van der Waals surface area contributed by atoms with E-state index in [1.165, 1.54) is 0 Å². The van der Waals surface area contributed by atoms with Crippen LogP contribution in [0, 0.1) is 0 Å². The van der Waals surface area contributed by atoms with Gasteiger partial charge < -0.3 is 9.47 Å². The number of aromatic nitrogens is 2. The highest BCUT2D eigenvalue weighted by molar-refractivity contribution is 5.69. The fourth-order valence-corrected chi connectivity index (χ4v) is 3.50. The van der Waals surface area contributed by atoms with Crippen LogP contribution in [0.5, 0.6) is 11.5 Å². The second-order valence-corrected chi connectivity index (χ2v) is 7.48. The third-order valence-corrected chi connectivity index (χ3v) is 5.30. The molecule has 0 unspecified atom stereocenters. The van der Waals surface area contributed by atoms with Gasteiger partial charge in [0.1, 0.15) is 11.5 Å². The van der Waals surface area contributed by atoms with Crippen molar-refractivity contribution in [3.63, 3.8) is 0 Å². The fourth-order valence-electron chi connectivity index (χ4n) is 3.50. The van der Waals surface area contributed by atoms with E-state index < -0.39 is 0 Å². The number of unbranched alkanes of at least 4 members (excludes halogenated alkanes) is 2. The van der Waals surface area contributed by atoms with Gasteiger partial charge in [0.2, 0.25) is 0 Å². The van der Waals surface area contributed by atoms with Crippen molar-refractivity contribution in [3.05, 3.63) is 59.9 Å². The molecule has 4 nitrogen and oxygen atoms in total. The molecule has 0 N–H and O–H groups in total. The van der Waals surface area contributed by atoms with Crippen LogP contribution in [-0.4, -0.2) is 24.2 Å². The molecule has 0 aliphatic rings. The van der Waals surface area contributed by atoms with Gasteiger partial charge in [-0.25, -0.2) is 9.97 Å². The van der Waals surface area contributed by atoms with E-state index in [0.717, 1.165) is 83.9 Å². The van der Waals surface area contributed by atoms with Crippen LogP contribution in [-0.2, 0) is 12.8 Å². The first-order valence-corrected chi connectivity index (χ1v) is 10.9. The van der Waals surface area contributed by atoms with E-state index in [4.69, 9.17) is 19.4 Å². The first-order valence-electron chi connectivity index (χ1n) is 10.9. The lowest BCUT2D eigenvalue weighted by Crippen LogP contribution is -2.06. The lowest BCUT2D eigenvalue weighted by Gasteiger charge is -2.16. The Kier molecular flexibility index (Phi) is 7.83. The average Bonchev–Trinajstić information content (AvgIpc) is 2.81. The molecule has 1 heterocycles. The number of hydrogen-bond acceptors (Lipinski definition) is 4. The van der Waals surface area contributed by atoms with Gasteiger partial charge >= 0.3 is 0 Å². The van der Waals surface area contributed by atoms with Gasteiger partial charge in [-0.05, 0) is 74.2 Å². The minimum absolute atomic E-state index is 0.850. The summed E-state index contributed by atoms with van der Waals surface area (Å²) in [4.78, 5) is 10.3. The zero-order chi connectivity index (χ0) is 21.3. The molecule has 158 valence electrons. The largest absolute Gasteiger partial charge is 0.497 e. The van der Waals surface area contributed by atoms with E-state index in [-0.39, 0.29) is 0 Å². The molecule has 30 heavy (non-hydrogen) atoms. The van der Waals surface area contributed by atoms with E-state index in [9.17, 15) is 0 Å². The second kappa shape index (κ2) is 10.8. The molecule has 2 aromatic carbocycles. The van der Waals surface area contributed by atoms with Gasteiger partial charge in [-0.1, -0.05) is 26.7 Å². The Hall–Kier alpha value is -2.88. The molecule has 0 saturated heterocycles. The first-order chi connectivity index (χ1) is 14.7. The first kappa shape index (κ1) is 21.8. The monoisotopic (exact) mass is 404 g/mol. The Labute approximate surface area is 180 Å². The van der Waals surface area contributed by atoms with Crippen LogP contribution in [0.15, 0.2) is 48.5 Å². The van der Waals surface area contributed by atoms with Gasteiger partial charge in [-0.15, -0.1) is 0 Å². The third-order valence-electron chi connectivity index (χ3n) is 5.30. The van der Waals surface area contributed by atoms with E-state index >= 15 is 0 Å². The summed E-state index contributed by atoms with van der Waals surface area (Å²) in [6.45, 7) is 4.42. The van der Waals surface area contributed by atoms with E-state index in [1.54, 1.807) is 14.2 Å². The Morgan fingerprint density at radius 1 is 0.600 bits per heavy atom. The lowest BCUT2D eigenvalue weighted by molar-refractivity contribution is 0.414. The molecule has 3 aromatic rings. The summed E-state index contributed by atoms with van der Waals surface area (Å²) >= 11 is 0. The molecule has 0 atom stereocenters. The molecule has 1 aromatic heterocycles. The number of rotatable bonds is 10. The van der Waals surface area contributed by atoms with Crippen molar-refractivity contribution in [2.45, 2.75) is 52.4 Å². The maximum atomic E-state index is 5.33. The van der Waals surface area contributed by atoms with Crippen molar-refractivity contribution in [1.82, 2.24) is 9.97 Å². The maximum absolute atomic E-state index is 5.33. The average molecular weight is 405 g/mol. The van der Waals surface area contributed by atoms with Crippen molar-refractivity contribution in [3.8, 4) is 34.0 Å². The predicted octanol–water partition coefficient (Wildman–Crippen LogP) is 6.51. The van der Waals surface area contributed by atoms with Crippen LogP contribution in [0.4, 0.5) is 0 Å². The molecule has 0 fully saturated rings. The number of aryl methyl sites for hydroxylation is 2. The van der Waals surface area contributed by atoms with Crippen molar-refractivity contribution >= 4 is 0 Å². The van der Waals surface area contributed by atoms with Crippen LogP contribution in [0.25, 0.3) is 22.5 Å². The van der Waals surface area contributed by atoms with E-state index in [0.29, 0.717) is 0 Å². The summed E-state index contributed by atoms with van der Waals surface area (Å²) in [6.07, 6.45) is 6.27. The van der Waals surface area contributed by atoms with Crippen molar-refractivity contribution in [2.24, 2.45) is 0 Å². The summed E-state index contributed by atoms with van der Waals surface area (Å²) in [5.74, 6) is 1.70. The number of hydrogen-bond donors (Lipinski definition) is 0. The van der Waals surface area contributed by atoms with Gasteiger partial charge in [-0.2, -0.15) is 0 Å². The van der Waals surface area contributed by atoms with Gasteiger partial charge in [0.25, 0.3) is 0 Å². The standard InChI is InChI=1S/C26H32N2O2/c1-5-7-9-23-25(19-11-15-21(29-3)16-12-19)28-24(10-8-6-2)26(27-23)20-13-17-22(30-4)18-14-20/h11-18H,5-10H2,1-4H3. The van der Waals surface area contributed by atoms with Crippen LogP contribution in [0.1, 0.15) is 50.9 Å². The Bertz CT molecular complexity index is 855. The summed E-state index contributed by atoms with van der Waals surface area (Å²) in [7, 11) is 3.38. The SMILES string of the molecule is CCCCc1nc(-c2ccc(OC)cc2)c(CCCC)nc1-c1ccc(OC)cc1. The topological polar surface area (TPSA) is 44.2 Å². The number of methoxy groups -OCH3 is 2. The van der Waals surface area contributed by atoms with Crippen molar-refractivity contribution in [2.75, 3.05) is 14.2 Å². The fraction of sp³-hybridized carbons (Fsp3) is 0.385. The Balaban J connectivity index is 2.12. The Morgan fingerprint density at radius 3 is 1.27 bits per heavy atom. The summed E-state index contributed by atoms with van der Waals surface area (Å²) in [5, 5.41) is 0. The quantitative estimate of drug-likeness (QED) is 0.386. The minimum atomic E-state index is 0.850. The second-order valence-electron chi connectivity index (χ2n) is 7.48. The summed E-state index contributed by atoms with van der Waals surface area (Å²) in [6, 6.07) is 16.3. The van der Waals surface area contributed by atoms with Gasteiger partial charge in [0.05, 0.1) is 37.0 Å². The van der Waals surface area contributed by atoms with Crippen LogP contribution >= 0.6 is 0 Å². The van der Waals surface area contributed by atoms with Gasteiger partial charge in [0, 0.05) is 11.1 Å². The van der Waals surface area contributed by atoms with Crippen LogP contribution in [0.2, 0.25) is 0 Å². The predicted molar refractivity (Wildman–Crippen MR) is 123 cm³/mol. The zero-order valence-electron chi connectivity index (χ0n) is 18.6. The summed E-state index contributed by atoms with van der Waals surface area (Å²) in [5.41, 5.74) is 6.30. The highest BCUT2D eigenvalue weighted by atomic mass is 16.5. The van der Waals surface area contributed by atoms with E-state index in [2.05, 4.69) is 38.1 Å². The molecule has 3 rings (SSSR count). The van der Waals surface area contributed by atoms with E-state index in [1.807, 2.05) is 24.3 Å².